The molecule has 202 valence electrons. The molecule has 0 heterocycles. The third-order valence-electron chi connectivity index (χ3n) is 6.75. The highest BCUT2D eigenvalue weighted by Crippen LogP contribution is 2.39. The van der Waals surface area contributed by atoms with Gasteiger partial charge in [0.2, 0.25) is 23.6 Å². The molecule has 0 aliphatic heterocycles. The first-order valence-corrected chi connectivity index (χ1v) is 12.5. The fraction of sp³-hybridized carbons (Fsp3) is 0.750. The van der Waals surface area contributed by atoms with Crippen LogP contribution in [-0.2, 0) is 28.8 Å². The van der Waals surface area contributed by atoms with Gasteiger partial charge in [-0.3, -0.25) is 28.8 Å². The first-order chi connectivity index (χ1) is 16.9. The van der Waals surface area contributed by atoms with Gasteiger partial charge in [0.25, 0.3) is 0 Å². The zero-order valence-electron chi connectivity index (χ0n) is 20.8. The van der Waals surface area contributed by atoms with Gasteiger partial charge >= 0.3 is 11.9 Å². The lowest BCUT2D eigenvalue weighted by Crippen LogP contribution is -2.57. The Balaban J connectivity index is 2.14. The molecular weight excluding hydrogens is 472 g/mol. The number of amides is 4. The van der Waals surface area contributed by atoms with Crippen molar-refractivity contribution < 1.29 is 39.0 Å². The lowest BCUT2D eigenvalue weighted by molar-refractivity contribution is -0.141. The number of carboxylic acids is 2. The minimum Gasteiger partial charge on any atom is -0.481 e. The van der Waals surface area contributed by atoms with Crippen molar-refractivity contribution in [3.05, 3.63) is 0 Å². The second-order valence-corrected chi connectivity index (χ2v) is 10.3. The summed E-state index contributed by atoms with van der Waals surface area (Å²) in [6.07, 6.45) is 4.79. The first kappa shape index (κ1) is 29.1. The molecule has 0 unspecified atom stereocenters. The monoisotopic (exact) mass is 510 g/mol. The first-order valence-electron chi connectivity index (χ1n) is 12.5. The molecule has 7 N–H and O–H groups in total. The summed E-state index contributed by atoms with van der Waals surface area (Å²) in [6, 6.07) is -3.59. The molecule has 36 heavy (non-hydrogen) atoms. The molecule has 2 aliphatic rings. The van der Waals surface area contributed by atoms with E-state index in [4.69, 9.17) is 10.8 Å². The van der Waals surface area contributed by atoms with Crippen LogP contribution in [0.1, 0.15) is 71.6 Å². The zero-order valence-corrected chi connectivity index (χ0v) is 20.8. The van der Waals surface area contributed by atoms with E-state index >= 15 is 0 Å². The molecule has 5 atom stereocenters. The average Bonchev–Trinajstić information content (AvgIpc) is 3.59. The SMILES string of the molecule is CC(C)C[C@H](NC(=O)[C@H](CC(=O)O)NC(=O)[C@H](CC1CCCCC1)NC(=O)[C@@H]1C[C@H]1C(=O)O)C(N)=O. The largest absolute Gasteiger partial charge is 0.481 e. The maximum atomic E-state index is 13.2. The topological polar surface area (TPSA) is 205 Å². The van der Waals surface area contributed by atoms with E-state index in [9.17, 15) is 33.9 Å². The molecule has 2 fully saturated rings. The van der Waals surface area contributed by atoms with E-state index in [0.717, 1.165) is 32.1 Å². The number of carbonyl (C=O) groups is 6. The molecule has 2 saturated carbocycles. The van der Waals surface area contributed by atoms with Gasteiger partial charge in [0.05, 0.1) is 18.3 Å². The van der Waals surface area contributed by atoms with E-state index in [-0.39, 0.29) is 24.7 Å². The minimum atomic E-state index is -1.50. The average molecular weight is 511 g/mol. The Morgan fingerprint density at radius 3 is 1.92 bits per heavy atom. The lowest BCUT2D eigenvalue weighted by Gasteiger charge is -2.28. The van der Waals surface area contributed by atoms with Crippen LogP contribution in [0.3, 0.4) is 0 Å². The van der Waals surface area contributed by atoms with Crippen molar-refractivity contribution in [1.82, 2.24) is 16.0 Å². The van der Waals surface area contributed by atoms with Crippen molar-refractivity contribution in [3.8, 4) is 0 Å². The van der Waals surface area contributed by atoms with Crippen LogP contribution in [0.2, 0.25) is 0 Å². The molecule has 12 heteroatoms. The second-order valence-electron chi connectivity index (χ2n) is 10.3. The van der Waals surface area contributed by atoms with Gasteiger partial charge in [-0.2, -0.15) is 0 Å². The fourth-order valence-corrected chi connectivity index (χ4v) is 4.67. The standard InChI is InChI=1S/C24H38N4O8/c1-12(2)8-16(20(25)31)26-23(34)18(11-19(29)30)28-22(33)17(9-13-6-4-3-5-7-13)27-21(32)14-10-15(14)24(35)36/h12-18H,3-11H2,1-2H3,(H2,25,31)(H,26,34)(H,27,32)(H,28,33)(H,29,30)(H,35,36)/t14-,15-,16+,17+,18+/m1/s1. The Morgan fingerprint density at radius 2 is 1.42 bits per heavy atom. The predicted molar refractivity (Wildman–Crippen MR) is 127 cm³/mol. The molecule has 0 saturated heterocycles. The van der Waals surface area contributed by atoms with E-state index < -0.39 is 71.9 Å². The van der Waals surface area contributed by atoms with Crippen molar-refractivity contribution >= 4 is 35.6 Å². The van der Waals surface area contributed by atoms with Gasteiger partial charge in [-0.15, -0.1) is 0 Å². The Labute approximate surface area is 210 Å². The molecule has 4 amide bonds. The van der Waals surface area contributed by atoms with Gasteiger partial charge < -0.3 is 31.9 Å². The molecule has 0 aromatic carbocycles. The zero-order chi connectivity index (χ0) is 27.0. The molecule has 0 aromatic rings. The number of primary amides is 1. The highest BCUT2D eigenvalue weighted by Gasteiger charge is 2.49. The smallest absolute Gasteiger partial charge is 0.307 e. The van der Waals surface area contributed by atoms with E-state index in [2.05, 4.69) is 16.0 Å². The van der Waals surface area contributed by atoms with Crippen molar-refractivity contribution in [3.63, 3.8) is 0 Å². The Morgan fingerprint density at radius 1 is 0.833 bits per heavy atom. The van der Waals surface area contributed by atoms with Gasteiger partial charge in [-0.25, -0.2) is 0 Å². The molecule has 0 radical (unpaired) electrons. The number of rotatable bonds is 14. The van der Waals surface area contributed by atoms with Crippen LogP contribution in [0.15, 0.2) is 0 Å². The van der Waals surface area contributed by atoms with Crippen LogP contribution in [0, 0.1) is 23.7 Å². The van der Waals surface area contributed by atoms with Crippen LogP contribution >= 0.6 is 0 Å². The summed E-state index contributed by atoms with van der Waals surface area (Å²) in [6.45, 7) is 3.65. The molecule has 12 nitrogen and oxygen atoms in total. The minimum absolute atomic E-state index is 0.0162. The quantitative estimate of drug-likeness (QED) is 0.189. The number of aliphatic carboxylic acids is 2. The molecule has 0 bridgehead atoms. The maximum absolute atomic E-state index is 13.2. The van der Waals surface area contributed by atoms with Gasteiger partial charge in [0.1, 0.15) is 18.1 Å². The van der Waals surface area contributed by atoms with Crippen molar-refractivity contribution in [2.75, 3.05) is 0 Å². The summed E-state index contributed by atoms with van der Waals surface area (Å²) in [5, 5.41) is 25.9. The Bertz CT molecular complexity index is 855. The molecule has 0 spiro atoms. The van der Waals surface area contributed by atoms with E-state index in [1.807, 2.05) is 13.8 Å². The number of nitrogens with one attached hydrogen (secondary N) is 3. The van der Waals surface area contributed by atoms with Gasteiger partial charge in [-0.05, 0) is 31.1 Å². The summed E-state index contributed by atoms with van der Waals surface area (Å²) in [4.78, 5) is 72.9. The van der Waals surface area contributed by atoms with Gasteiger partial charge in [-0.1, -0.05) is 46.0 Å². The Kier molecular flexibility index (Phi) is 10.7. The predicted octanol–water partition coefficient (Wildman–Crippen LogP) is 0.138. The van der Waals surface area contributed by atoms with E-state index in [0.29, 0.717) is 6.42 Å². The van der Waals surface area contributed by atoms with Crippen LogP contribution in [0.4, 0.5) is 0 Å². The summed E-state index contributed by atoms with van der Waals surface area (Å²) < 4.78 is 0. The summed E-state index contributed by atoms with van der Waals surface area (Å²) >= 11 is 0. The molecule has 2 rings (SSSR count). The fourth-order valence-electron chi connectivity index (χ4n) is 4.67. The second kappa shape index (κ2) is 13.2. The number of hydrogen-bond acceptors (Lipinski definition) is 6. The van der Waals surface area contributed by atoms with Gasteiger partial charge in [0.15, 0.2) is 0 Å². The van der Waals surface area contributed by atoms with Gasteiger partial charge in [0, 0.05) is 0 Å². The molecule has 0 aromatic heterocycles. The number of nitrogens with two attached hydrogens (primary N) is 1. The van der Waals surface area contributed by atoms with Crippen molar-refractivity contribution in [2.24, 2.45) is 29.4 Å². The van der Waals surface area contributed by atoms with Crippen molar-refractivity contribution in [1.29, 1.82) is 0 Å². The lowest BCUT2D eigenvalue weighted by atomic mass is 9.84. The number of carboxylic acid groups (broad SMARTS) is 2. The Hall–Kier alpha value is -3.18. The number of hydrogen-bond donors (Lipinski definition) is 6. The van der Waals surface area contributed by atoms with E-state index in [1.54, 1.807) is 0 Å². The normalized spacial score (nSPS) is 22.1. The third-order valence-corrected chi connectivity index (χ3v) is 6.75. The van der Waals surface area contributed by atoms with Crippen LogP contribution in [0.25, 0.3) is 0 Å². The van der Waals surface area contributed by atoms with E-state index in [1.165, 1.54) is 0 Å². The summed E-state index contributed by atoms with van der Waals surface area (Å²) in [7, 11) is 0. The van der Waals surface area contributed by atoms with Crippen molar-refractivity contribution in [2.45, 2.75) is 89.8 Å². The molecule has 2 aliphatic carbocycles. The summed E-state index contributed by atoms with van der Waals surface area (Å²) in [5.74, 6) is -6.70. The highest BCUT2D eigenvalue weighted by molar-refractivity contribution is 5.96. The molecular formula is C24H38N4O8. The maximum Gasteiger partial charge on any atom is 0.307 e. The third kappa shape index (κ3) is 9.12. The van der Waals surface area contributed by atoms with Crippen LogP contribution in [0.5, 0.6) is 0 Å². The highest BCUT2D eigenvalue weighted by atomic mass is 16.4. The van der Waals surface area contributed by atoms with Crippen LogP contribution < -0.4 is 21.7 Å². The van der Waals surface area contributed by atoms with Crippen LogP contribution in [-0.4, -0.2) is 63.9 Å². The summed E-state index contributed by atoms with van der Waals surface area (Å²) in [5.41, 5.74) is 5.36. The number of carbonyl (C=O) groups excluding carboxylic acids is 4.